The largest absolute Gasteiger partial charge is 0.491 e. The van der Waals surface area contributed by atoms with Crippen molar-refractivity contribution in [1.82, 2.24) is 14.6 Å². The molecule has 0 unspecified atom stereocenters. The molecule has 0 aliphatic carbocycles. The number of ether oxygens (including phenoxy) is 1. The minimum Gasteiger partial charge on any atom is -0.491 e. The van der Waals surface area contributed by atoms with Crippen LogP contribution in [-0.4, -0.2) is 27.0 Å². The highest BCUT2D eigenvalue weighted by molar-refractivity contribution is 7.16. The van der Waals surface area contributed by atoms with Gasteiger partial charge in [0.05, 0.1) is 6.10 Å². The first kappa shape index (κ1) is 13.8. The van der Waals surface area contributed by atoms with E-state index in [0.717, 1.165) is 27.6 Å². The number of hydrogen-bond acceptors (Lipinski definition) is 5. The summed E-state index contributed by atoms with van der Waals surface area (Å²) in [6.45, 7) is 5.86. The average molecular weight is 301 g/mol. The van der Waals surface area contributed by atoms with Crippen molar-refractivity contribution >= 4 is 22.6 Å². The predicted octanol–water partition coefficient (Wildman–Crippen LogP) is 3.37. The van der Waals surface area contributed by atoms with E-state index in [-0.39, 0.29) is 6.10 Å². The molecular formula is C15H15N3O2S. The number of rotatable bonds is 4. The van der Waals surface area contributed by atoms with Gasteiger partial charge in [0.25, 0.3) is 0 Å². The van der Waals surface area contributed by atoms with Crippen molar-refractivity contribution in [2.24, 2.45) is 0 Å². The first-order valence-corrected chi connectivity index (χ1v) is 7.48. The van der Waals surface area contributed by atoms with Gasteiger partial charge in [0.15, 0.2) is 6.29 Å². The molecule has 2 heterocycles. The zero-order valence-electron chi connectivity index (χ0n) is 12.0. The number of aromatic nitrogens is 3. The molecule has 0 atom stereocenters. The quantitative estimate of drug-likeness (QED) is 0.693. The molecule has 21 heavy (non-hydrogen) atoms. The average Bonchev–Trinajstić information content (AvgIpc) is 2.94. The zero-order valence-corrected chi connectivity index (χ0v) is 12.8. The van der Waals surface area contributed by atoms with E-state index in [1.165, 1.54) is 11.3 Å². The Morgan fingerprint density at radius 2 is 2.00 bits per heavy atom. The highest BCUT2D eigenvalue weighted by Crippen LogP contribution is 2.27. The molecule has 0 fully saturated rings. The van der Waals surface area contributed by atoms with Crippen LogP contribution < -0.4 is 4.74 Å². The molecule has 0 saturated carbocycles. The number of fused-ring (bicyclic) bond motifs is 1. The molecule has 108 valence electrons. The summed E-state index contributed by atoms with van der Waals surface area (Å²) >= 11 is 1.47. The van der Waals surface area contributed by atoms with Gasteiger partial charge in [-0.25, -0.2) is 4.98 Å². The molecule has 0 N–H and O–H groups in total. The lowest BCUT2D eigenvalue weighted by Gasteiger charge is -2.09. The number of carbonyl (C=O) groups excluding carboxylic acids is 1. The highest BCUT2D eigenvalue weighted by Gasteiger charge is 2.16. The number of nitrogens with zero attached hydrogens (tertiary/aromatic N) is 3. The summed E-state index contributed by atoms with van der Waals surface area (Å²) in [6.07, 6.45) is 0.930. The second kappa shape index (κ2) is 5.29. The molecule has 5 nitrogen and oxygen atoms in total. The van der Waals surface area contributed by atoms with Crippen LogP contribution in [0.25, 0.3) is 16.2 Å². The van der Waals surface area contributed by atoms with Crippen LogP contribution in [0.4, 0.5) is 0 Å². The number of hydrogen-bond donors (Lipinski definition) is 0. The highest BCUT2D eigenvalue weighted by atomic mass is 32.1. The van der Waals surface area contributed by atoms with Crippen molar-refractivity contribution in [3.8, 4) is 17.0 Å². The minimum atomic E-state index is 0.131. The standard InChI is InChI=1S/C15H15N3O2S/c1-9(2)20-12-6-4-11(5-7-12)14-13(8-19)18-15(16-14)21-10(3)17-18/h4-9H,1-3H3. The van der Waals surface area contributed by atoms with Gasteiger partial charge in [-0.1, -0.05) is 11.3 Å². The van der Waals surface area contributed by atoms with Crippen LogP contribution >= 0.6 is 11.3 Å². The van der Waals surface area contributed by atoms with Gasteiger partial charge in [-0.05, 0) is 45.0 Å². The lowest BCUT2D eigenvalue weighted by molar-refractivity contribution is 0.111. The SMILES string of the molecule is Cc1nn2c(C=O)c(-c3ccc(OC(C)C)cc3)nc2s1. The first-order valence-electron chi connectivity index (χ1n) is 6.67. The monoisotopic (exact) mass is 301 g/mol. The molecule has 0 aliphatic rings. The lowest BCUT2D eigenvalue weighted by atomic mass is 10.1. The second-order valence-electron chi connectivity index (χ2n) is 4.97. The molecule has 3 aromatic rings. The maximum Gasteiger partial charge on any atom is 0.213 e. The Morgan fingerprint density at radius 3 is 2.62 bits per heavy atom. The van der Waals surface area contributed by atoms with Crippen LogP contribution in [0.5, 0.6) is 5.75 Å². The fourth-order valence-electron chi connectivity index (χ4n) is 2.14. The van der Waals surface area contributed by atoms with E-state index in [1.54, 1.807) is 4.52 Å². The molecule has 0 radical (unpaired) electrons. The molecule has 0 amide bonds. The number of imidazole rings is 1. The van der Waals surface area contributed by atoms with E-state index in [0.29, 0.717) is 11.4 Å². The van der Waals surface area contributed by atoms with Gasteiger partial charge in [0.2, 0.25) is 4.96 Å². The van der Waals surface area contributed by atoms with Crippen molar-refractivity contribution in [3.63, 3.8) is 0 Å². The summed E-state index contributed by atoms with van der Waals surface area (Å²) in [7, 11) is 0. The van der Waals surface area contributed by atoms with Gasteiger partial charge >= 0.3 is 0 Å². The molecular weight excluding hydrogens is 286 g/mol. The Morgan fingerprint density at radius 1 is 1.29 bits per heavy atom. The maximum absolute atomic E-state index is 11.4. The second-order valence-corrected chi connectivity index (χ2v) is 6.13. The van der Waals surface area contributed by atoms with Gasteiger partial charge < -0.3 is 4.74 Å². The van der Waals surface area contributed by atoms with Crippen LogP contribution in [0.3, 0.4) is 0 Å². The van der Waals surface area contributed by atoms with Gasteiger partial charge in [0.1, 0.15) is 22.1 Å². The Labute approximate surface area is 126 Å². The van der Waals surface area contributed by atoms with Gasteiger partial charge in [0, 0.05) is 5.56 Å². The van der Waals surface area contributed by atoms with E-state index < -0.39 is 0 Å². The Bertz CT molecular complexity index is 787. The fraction of sp³-hybridized carbons (Fsp3) is 0.267. The van der Waals surface area contributed by atoms with Crippen molar-refractivity contribution < 1.29 is 9.53 Å². The predicted molar refractivity (Wildman–Crippen MR) is 82.2 cm³/mol. The summed E-state index contributed by atoms with van der Waals surface area (Å²) < 4.78 is 7.21. The molecule has 0 bridgehead atoms. The third kappa shape index (κ3) is 2.54. The van der Waals surface area contributed by atoms with Gasteiger partial charge in [-0.3, -0.25) is 4.79 Å². The smallest absolute Gasteiger partial charge is 0.213 e. The van der Waals surface area contributed by atoms with Crippen LogP contribution in [-0.2, 0) is 0 Å². The molecule has 3 rings (SSSR count). The van der Waals surface area contributed by atoms with E-state index in [2.05, 4.69) is 10.1 Å². The van der Waals surface area contributed by atoms with Crippen LogP contribution in [0, 0.1) is 6.92 Å². The van der Waals surface area contributed by atoms with Crippen molar-refractivity contribution in [3.05, 3.63) is 35.0 Å². The topological polar surface area (TPSA) is 56.5 Å². The number of aryl methyl sites for hydroxylation is 1. The van der Waals surface area contributed by atoms with E-state index in [9.17, 15) is 4.79 Å². The number of aldehydes is 1. The molecule has 1 aromatic carbocycles. The molecule has 6 heteroatoms. The van der Waals surface area contributed by atoms with Crippen LogP contribution in [0.2, 0.25) is 0 Å². The zero-order chi connectivity index (χ0) is 15.0. The third-order valence-electron chi connectivity index (χ3n) is 2.95. The Hall–Kier alpha value is -2.21. The van der Waals surface area contributed by atoms with Crippen molar-refractivity contribution in [1.29, 1.82) is 0 Å². The van der Waals surface area contributed by atoms with Crippen molar-refractivity contribution in [2.45, 2.75) is 26.9 Å². The van der Waals surface area contributed by atoms with Crippen LogP contribution in [0.15, 0.2) is 24.3 Å². The van der Waals surface area contributed by atoms with Gasteiger partial charge in [-0.15, -0.1) is 0 Å². The summed E-state index contributed by atoms with van der Waals surface area (Å²) in [5.74, 6) is 0.802. The normalized spacial score (nSPS) is 11.2. The maximum atomic E-state index is 11.4. The molecule has 0 spiro atoms. The molecule has 0 aliphatic heterocycles. The molecule has 0 saturated heterocycles. The van der Waals surface area contributed by atoms with E-state index in [4.69, 9.17) is 4.74 Å². The summed E-state index contributed by atoms with van der Waals surface area (Å²) in [4.78, 5) is 16.6. The minimum absolute atomic E-state index is 0.131. The van der Waals surface area contributed by atoms with Crippen molar-refractivity contribution in [2.75, 3.05) is 0 Å². The molecule has 2 aromatic heterocycles. The Kier molecular flexibility index (Phi) is 3.47. The fourth-order valence-corrected chi connectivity index (χ4v) is 2.89. The third-order valence-corrected chi connectivity index (χ3v) is 3.77. The van der Waals surface area contributed by atoms with E-state index >= 15 is 0 Å². The van der Waals surface area contributed by atoms with E-state index in [1.807, 2.05) is 45.0 Å². The lowest BCUT2D eigenvalue weighted by Crippen LogP contribution is -2.05. The summed E-state index contributed by atoms with van der Waals surface area (Å²) in [6, 6.07) is 7.58. The van der Waals surface area contributed by atoms with Gasteiger partial charge in [-0.2, -0.15) is 9.61 Å². The number of carbonyl (C=O) groups is 1. The number of benzene rings is 1. The van der Waals surface area contributed by atoms with Crippen LogP contribution in [0.1, 0.15) is 29.3 Å². The Balaban J connectivity index is 2.03. The summed E-state index contributed by atoms with van der Waals surface area (Å²) in [5, 5.41) is 5.19. The summed E-state index contributed by atoms with van der Waals surface area (Å²) in [5.41, 5.74) is 2.01. The first-order chi connectivity index (χ1) is 10.1.